The SMILES string of the molecule is CCNC(=O)C(=O)CC[C@H](NC(=O)c1c(C)nc2sccn12)C(=O)Nc1cccn(CC(=O)N(C)C2C3CC4CC(C3)CC2C4)c1=O. The van der Waals surface area contributed by atoms with Gasteiger partial charge in [-0.3, -0.25) is 33.2 Å². The van der Waals surface area contributed by atoms with Crippen LogP contribution >= 0.6 is 11.3 Å². The highest BCUT2D eigenvalue weighted by Crippen LogP contribution is 2.55. The Morgan fingerprint density at radius 3 is 2.45 bits per heavy atom. The van der Waals surface area contributed by atoms with Gasteiger partial charge in [0.15, 0.2) is 4.96 Å². The zero-order chi connectivity index (χ0) is 33.4. The molecule has 3 N–H and O–H groups in total. The van der Waals surface area contributed by atoms with Crippen LogP contribution in [0.5, 0.6) is 0 Å². The minimum Gasteiger partial charge on any atom is -0.350 e. The third kappa shape index (κ3) is 6.60. The topological polar surface area (TPSA) is 164 Å². The summed E-state index contributed by atoms with van der Waals surface area (Å²) in [5.74, 6) is -0.420. The molecular formula is C33H41N7O6S. The lowest BCUT2D eigenvalue weighted by Crippen LogP contribution is -2.56. The maximum Gasteiger partial charge on any atom is 0.287 e. The molecule has 0 spiro atoms. The molecule has 4 aliphatic rings. The van der Waals surface area contributed by atoms with Crippen LogP contribution in [0.3, 0.4) is 0 Å². The summed E-state index contributed by atoms with van der Waals surface area (Å²) in [6.07, 6.45) is 8.70. The molecule has 47 heavy (non-hydrogen) atoms. The van der Waals surface area contributed by atoms with Gasteiger partial charge in [-0.2, -0.15) is 0 Å². The van der Waals surface area contributed by atoms with E-state index >= 15 is 0 Å². The molecule has 13 nitrogen and oxygen atoms in total. The van der Waals surface area contributed by atoms with E-state index in [-0.39, 0.29) is 49.3 Å². The van der Waals surface area contributed by atoms with E-state index in [1.807, 2.05) is 11.9 Å². The van der Waals surface area contributed by atoms with Crippen LogP contribution in [-0.2, 0) is 25.7 Å². The van der Waals surface area contributed by atoms with Crippen molar-refractivity contribution < 1.29 is 24.0 Å². The van der Waals surface area contributed by atoms with E-state index in [2.05, 4.69) is 20.9 Å². The molecule has 0 aliphatic heterocycles. The van der Waals surface area contributed by atoms with E-state index in [1.165, 1.54) is 60.3 Å². The van der Waals surface area contributed by atoms with E-state index < -0.39 is 35.1 Å². The third-order valence-electron chi connectivity index (χ3n) is 10.1. The molecule has 1 atom stereocenters. The smallest absolute Gasteiger partial charge is 0.287 e. The summed E-state index contributed by atoms with van der Waals surface area (Å²) in [6, 6.07) is 1.93. The quantitative estimate of drug-likeness (QED) is 0.251. The number of hydrogen-bond donors (Lipinski definition) is 3. The average molecular weight is 664 g/mol. The summed E-state index contributed by atoms with van der Waals surface area (Å²) < 4.78 is 2.89. The molecular weight excluding hydrogens is 622 g/mol. The predicted octanol–water partition coefficient (Wildman–Crippen LogP) is 2.37. The number of amides is 4. The Hall–Kier alpha value is -4.33. The molecule has 3 heterocycles. The van der Waals surface area contributed by atoms with E-state index in [4.69, 9.17) is 0 Å². The number of thiazole rings is 1. The average Bonchev–Trinajstić information content (AvgIpc) is 3.60. The third-order valence-corrected chi connectivity index (χ3v) is 10.9. The van der Waals surface area contributed by atoms with E-state index in [0.29, 0.717) is 22.5 Å². The van der Waals surface area contributed by atoms with Crippen LogP contribution in [0.1, 0.15) is 68.1 Å². The molecule has 0 saturated heterocycles. The molecule has 4 aliphatic carbocycles. The summed E-state index contributed by atoms with van der Waals surface area (Å²) in [5.41, 5.74) is 0.0551. The first-order valence-corrected chi connectivity index (χ1v) is 17.2. The first-order valence-electron chi connectivity index (χ1n) is 16.3. The van der Waals surface area contributed by atoms with Gasteiger partial charge in [-0.15, -0.1) is 11.3 Å². The number of ketones is 1. The molecule has 4 fully saturated rings. The molecule has 7 rings (SSSR count). The van der Waals surface area contributed by atoms with Crippen LogP contribution in [0.2, 0.25) is 0 Å². The van der Waals surface area contributed by atoms with Gasteiger partial charge in [-0.25, -0.2) is 4.98 Å². The highest BCUT2D eigenvalue weighted by atomic mass is 32.1. The summed E-state index contributed by atoms with van der Waals surface area (Å²) in [5, 5.41) is 9.48. The zero-order valence-electron chi connectivity index (χ0n) is 26.9. The minimum absolute atomic E-state index is 0.0716. The van der Waals surface area contributed by atoms with Crippen LogP contribution in [-0.4, -0.2) is 73.9 Å². The summed E-state index contributed by atoms with van der Waals surface area (Å²) in [7, 11) is 1.84. The number of rotatable bonds is 12. The fraction of sp³-hybridized carbons (Fsp3) is 0.545. The molecule has 0 aromatic carbocycles. The highest BCUT2D eigenvalue weighted by molar-refractivity contribution is 7.15. The Bertz CT molecular complexity index is 1750. The van der Waals surface area contributed by atoms with Gasteiger partial charge in [-0.1, -0.05) is 0 Å². The molecule has 4 amide bonds. The standard InChI is InChI=1S/C33H41N7O6S/c1-4-34-30(44)25(41)8-7-23(36-31(45)27-18(2)35-33-40(27)10-11-47-33)29(43)37-24-6-5-9-39(32(24)46)17-26(42)38(3)28-21-13-19-12-20(15-21)16-22(28)14-19/h5-6,9-11,19-23,28H,4,7-8,12-17H2,1-3H3,(H,34,44)(H,36,45)(H,37,43)/t19?,20?,21?,22?,23-,28?/m0/s1. The number of anilines is 1. The number of nitrogens with one attached hydrogen (secondary N) is 3. The molecule has 4 bridgehead atoms. The number of imidazole rings is 1. The van der Waals surface area contributed by atoms with Crippen molar-refractivity contribution in [2.45, 2.75) is 77.4 Å². The first-order chi connectivity index (χ1) is 22.5. The highest BCUT2D eigenvalue weighted by Gasteiger charge is 2.50. The number of carbonyl (C=O) groups is 5. The molecule has 14 heteroatoms. The Morgan fingerprint density at radius 1 is 1.06 bits per heavy atom. The van der Waals surface area contributed by atoms with Crippen molar-refractivity contribution >= 4 is 51.4 Å². The number of likely N-dealkylation sites (N-methyl/N-ethyl adjacent to an activating group) is 2. The number of Topliss-reactive ketones (excluding diaryl/α,β-unsaturated/α-hetero) is 1. The largest absolute Gasteiger partial charge is 0.350 e. The normalized spacial score (nSPS) is 23.3. The number of aromatic nitrogens is 3. The van der Waals surface area contributed by atoms with Crippen molar-refractivity contribution in [2.75, 3.05) is 18.9 Å². The van der Waals surface area contributed by atoms with Crippen molar-refractivity contribution in [3.8, 4) is 0 Å². The predicted molar refractivity (Wildman–Crippen MR) is 175 cm³/mol. The minimum atomic E-state index is -1.26. The second-order valence-electron chi connectivity index (χ2n) is 13.2. The van der Waals surface area contributed by atoms with Gasteiger partial charge in [0.1, 0.15) is 24.0 Å². The maximum atomic E-state index is 13.6. The fourth-order valence-electron chi connectivity index (χ4n) is 8.24. The van der Waals surface area contributed by atoms with E-state index in [0.717, 1.165) is 11.8 Å². The maximum absolute atomic E-state index is 13.6. The van der Waals surface area contributed by atoms with Crippen LogP contribution in [0, 0.1) is 30.6 Å². The van der Waals surface area contributed by atoms with Crippen molar-refractivity contribution in [1.29, 1.82) is 0 Å². The van der Waals surface area contributed by atoms with Gasteiger partial charge < -0.3 is 25.4 Å². The summed E-state index contributed by atoms with van der Waals surface area (Å²) >= 11 is 1.35. The van der Waals surface area contributed by atoms with Gasteiger partial charge in [0.05, 0.1) is 5.69 Å². The molecule has 3 aromatic heterocycles. The number of hydrogen-bond acceptors (Lipinski definition) is 8. The van der Waals surface area contributed by atoms with Gasteiger partial charge in [0.2, 0.25) is 17.6 Å². The van der Waals surface area contributed by atoms with Crippen molar-refractivity contribution in [3.05, 3.63) is 51.6 Å². The second-order valence-corrected chi connectivity index (χ2v) is 14.1. The molecule has 250 valence electrons. The van der Waals surface area contributed by atoms with Crippen LogP contribution in [0.4, 0.5) is 5.69 Å². The van der Waals surface area contributed by atoms with Crippen molar-refractivity contribution in [2.24, 2.45) is 23.7 Å². The Kier molecular flexibility index (Phi) is 9.31. The van der Waals surface area contributed by atoms with Gasteiger partial charge in [0.25, 0.3) is 17.4 Å². The van der Waals surface area contributed by atoms with Gasteiger partial charge in [0, 0.05) is 43.8 Å². The Balaban J connectivity index is 1.16. The van der Waals surface area contributed by atoms with E-state index in [1.54, 1.807) is 35.9 Å². The number of aryl methyl sites for hydroxylation is 1. The summed E-state index contributed by atoms with van der Waals surface area (Å²) in [4.78, 5) is 85.2. The lowest BCUT2D eigenvalue weighted by molar-refractivity contribution is -0.141. The lowest BCUT2D eigenvalue weighted by Gasteiger charge is -2.56. The summed E-state index contributed by atoms with van der Waals surface area (Å²) in [6.45, 7) is 3.46. The monoisotopic (exact) mass is 663 g/mol. The van der Waals surface area contributed by atoms with Crippen LogP contribution in [0.15, 0.2) is 34.7 Å². The van der Waals surface area contributed by atoms with Crippen LogP contribution < -0.4 is 21.5 Å². The Morgan fingerprint density at radius 2 is 1.77 bits per heavy atom. The van der Waals surface area contributed by atoms with Gasteiger partial charge >= 0.3 is 0 Å². The van der Waals surface area contributed by atoms with Gasteiger partial charge in [-0.05, 0) is 88.2 Å². The lowest BCUT2D eigenvalue weighted by atomic mass is 9.54. The fourth-order valence-corrected chi connectivity index (χ4v) is 9.00. The second kappa shape index (κ2) is 13.4. The van der Waals surface area contributed by atoms with Crippen LogP contribution in [0.25, 0.3) is 4.96 Å². The molecule has 0 unspecified atom stereocenters. The molecule has 3 aromatic rings. The molecule has 0 radical (unpaired) electrons. The first kappa shape index (κ1) is 32.6. The number of carbonyl (C=O) groups excluding carboxylic acids is 5. The molecule has 4 saturated carbocycles. The number of nitrogens with zero attached hydrogens (tertiary/aromatic N) is 4. The van der Waals surface area contributed by atoms with Crippen molar-refractivity contribution in [3.63, 3.8) is 0 Å². The Labute approximate surface area is 276 Å². The zero-order valence-corrected chi connectivity index (χ0v) is 27.7. The van der Waals surface area contributed by atoms with E-state index in [9.17, 15) is 28.8 Å². The number of fused-ring (bicyclic) bond motifs is 1. The number of pyridine rings is 1. The van der Waals surface area contributed by atoms with Crippen molar-refractivity contribution in [1.82, 2.24) is 29.5 Å².